The number of hydrogen-bond acceptors (Lipinski definition) is 2. The maximum atomic E-state index is 6.15. The van der Waals surface area contributed by atoms with Crippen molar-refractivity contribution in [1.29, 1.82) is 0 Å². The Hall–Kier alpha value is -0.540. The normalized spacial score (nSPS) is 21.3. The molecule has 0 saturated heterocycles. The first-order chi connectivity index (χ1) is 8.43. The average molecular weight is 312 g/mol. The van der Waals surface area contributed by atoms with Crippen LogP contribution in [0.3, 0.4) is 0 Å². The fraction of sp³-hybridized carbons (Fsp3) is 0.600. The van der Waals surface area contributed by atoms with E-state index in [1.165, 1.54) is 11.1 Å². The van der Waals surface area contributed by atoms with Crippen molar-refractivity contribution in [1.82, 2.24) is 5.32 Å². The summed E-state index contributed by atoms with van der Waals surface area (Å²) in [4.78, 5) is 0. The third-order valence-corrected chi connectivity index (χ3v) is 3.82. The van der Waals surface area contributed by atoms with E-state index in [1.807, 2.05) is 0 Å². The molecule has 1 atom stereocenters. The number of benzene rings is 1. The molecule has 1 heterocycles. The van der Waals surface area contributed by atoms with E-state index in [9.17, 15) is 0 Å². The summed E-state index contributed by atoms with van der Waals surface area (Å²) in [6.07, 6.45) is 2.16. The van der Waals surface area contributed by atoms with Gasteiger partial charge in [-0.3, -0.25) is 0 Å². The summed E-state index contributed by atoms with van der Waals surface area (Å²) < 4.78 is 7.28. The number of halogens is 1. The molecular weight excluding hydrogens is 290 g/mol. The second-order valence-corrected chi connectivity index (χ2v) is 6.63. The Labute approximate surface area is 118 Å². The first-order valence-corrected chi connectivity index (χ1v) is 7.44. The highest BCUT2D eigenvalue weighted by atomic mass is 79.9. The van der Waals surface area contributed by atoms with Crippen molar-refractivity contribution >= 4 is 15.9 Å². The Balaban J connectivity index is 2.40. The molecular formula is C15H22BrNO. The van der Waals surface area contributed by atoms with Gasteiger partial charge in [0.15, 0.2) is 0 Å². The standard InChI is InChI=1S/C15H22BrNO/c1-5-6-17-13-9-15(3,4)18-14-10(2)7-11(16)8-12(13)14/h7-8,13,17H,5-6,9H2,1-4H3. The van der Waals surface area contributed by atoms with Crippen molar-refractivity contribution in [2.24, 2.45) is 0 Å². The van der Waals surface area contributed by atoms with Crippen LogP contribution in [0.25, 0.3) is 0 Å². The minimum atomic E-state index is -0.100. The van der Waals surface area contributed by atoms with Gasteiger partial charge in [-0.25, -0.2) is 0 Å². The van der Waals surface area contributed by atoms with Crippen LogP contribution in [-0.4, -0.2) is 12.1 Å². The second-order valence-electron chi connectivity index (χ2n) is 5.71. The molecule has 0 fully saturated rings. The summed E-state index contributed by atoms with van der Waals surface area (Å²) in [6.45, 7) is 9.69. The minimum absolute atomic E-state index is 0.100. The zero-order chi connectivity index (χ0) is 13.3. The van der Waals surface area contributed by atoms with E-state index in [-0.39, 0.29) is 5.60 Å². The predicted octanol–water partition coefficient (Wildman–Crippen LogP) is 4.36. The van der Waals surface area contributed by atoms with E-state index < -0.39 is 0 Å². The van der Waals surface area contributed by atoms with Crippen molar-refractivity contribution in [3.8, 4) is 5.75 Å². The molecule has 3 heteroatoms. The van der Waals surface area contributed by atoms with Gasteiger partial charge < -0.3 is 10.1 Å². The van der Waals surface area contributed by atoms with E-state index in [0.29, 0.717) is 6.04 Å². The molecule has 0 bridgehead atoms. The highest BCUT2D eigenvalue weighted by Crippen LogP contribution is 2.42. The van der Waals surface area contributed by atoms with Gasteiger partial charge in [0, 0.05) is 22.5 Å². The molecule has 2 nitrogen and oxygen atoms in total. The van der Waals surface area contributed by atoms with Crippen LogP contribution in [0.4, 0.5) is 0 Å². The fourth-order valence-electron chi connectivity index (χ4n) is 2.57. The Bertz CT molecular complexity index is 442. The van der Waals surface area contributed by atoms with Crippen LogP contribution >= 0.6 is 15.9 Å². The molecule has 100 valence electrons. The Morgan fingerprint density at radius 3 is 2.83 bits per heavy atom. The summed E-state index contributed by atoms with van der Waals surface area (Å²) in [6, 6.07) is 4.70. The van der Waals surface area contributed by atoms with Gasteiger partial charge in [-0.15, -0.1) is 0 Å². The van der Waals surface area contributed by atoms with E-state index in [2.05, 4.69) is 61.1 Å². The van der Waals surface area contributed by atoms with E-state index >= 15 is 0 Å². The van der Waals surface area contributed by atoms with E-state index in [0.717, 1.165) is 29.6 Å². The zero-order valence-electron chi connectivity index (χ0n) is 11.6. The lowest BCUT2D eigenvalue weighted by Crippen LogP contribution is -2.40. The van der Waals surface area contributed by atoms with Gasteiger partial charge >= 0.3 is 0 Å². The largest absolute Gasteiger partial charge is 0.487 e. The van der Waals surface area contributed by atoms with E-state index in [1.54, 1.807) is 0 Å². The molecule has 1 aromatic rings. The van der Waals surface area contributed by atoms with Gasteiger partial charge in [0.25, 0.3) is 0 Å². The van der Waals surface area contributed by atoms with Gasteiger partial charge in [-0.2, -0.15) is 0 Å². The van der Waals surface area contributed by atoms with Crippen molar-refractivity contribution in [3.05, 3.63) is 27.7 Å². The van der Waals surface area contributed by atoms with Gasteiger partial charge in [0.1, 0.15) is 11.4 Å². The summed E-state index contributed by atoms with van der Waals surface area (Å²) in [7, 11) is 0. The first kappa shape index (κ1) is 13.9. The molecule has 1 N–H and O–H groups in total. The van der Waals surface area contributed by atoms with Gasteiger partial charge in [0.05, 0.1) is 0 Å². The molecule has 2 rings (SSSR count). The van der Waals surface area contributed by atoms with Crippen LogP contribution in [0.5, 0.6) is 5.75 Å². The summed E-state index contributed by atoms with van der Waals surface area (Å²) in [5.41, 5.74) is 2.39. The quantitative estimate of drug-likeness (QED) is 0.895. The topological polar surface area (TPSA) is 21.3 Å². The molecule has 1 aromatic carbocycles. The summed E-state index contributed by atoms with van der Waals surface area (Å²) >= 11 is 3.58. The Morgan fingerprint density at radius 1 is 1.44 bits per heavy atom. The Kier molecular flexibility index (Phi) is 4.02. The maximum absolute atomic E-state index is 6.15. The molecule has 0 aliphatic carbocycles. The Morgan fingerprint density at radius 2 is 2.17 bits per heavy atom. The predicted molar refractivity (Wildman–Crippen MR) is 79.2 cm³/mol. The van der Waals surface area contributed by atoms with Crippen LogP contribution in [0.2, 0.25) is 0 Å². The lowest BCUT2D eigenvalue weighted by atomic mass is 9.88. The van der Waals surface area contributed by atoms with Crippen LogP contribution in [0.1, 0.15) is 50.8 Å². The van der Waals surface area contributed by atoms with E-state index in [4.69, 9.17) is 4.74 Å². The van der Waals surface area contributed by atoms with Gasteiger partial charge in [-0.1, -0.05) is 22.9 Å². The zero-order valence-corrected chi connectivity index (χ0v) is 13.2. The molecule has 0 amide bonds. The van der Waals surface area contributed by atoms with Gasteiger partial charge in [-0.05, 0) is 51.4 Å². The molecule has 0 radical (unpaired) electrons. The summed E-state index contributed by atoms with van der Waals surface area (Å²) in [5, 5.41) is 3.64. The third kappa shape index (κ3) is 2.89. The first-order valence-electron chi connectivity index (χ1n) is 6.65. The number of aryl methyl sites for hydroxylation is 1. The van der Waals surface area contributed by atoms with Gasteiger partial charge in [0.2, 0.25) is 0 Å². The number of ether oxygens (including phenoxy) is 1. The number of fused-ring (bicyclic) bond motifs is 1. The monoisotopic (exact) mass is 311 g/mol. The molecule has 0 spiro atoms. The molecule has 1 unspecified atom stereocenters. The highest BCUT2D eigenvalue weighted by Gasteiger charge is 2.34. The van der Waals surface area contributed by atoms with Crippen LogP contribution < -0.4 is 10.1 Å². The number of rotatable bonds is 3. The smallest absolute Gasteiger partial charge is 0.127 e. The minimum Gasteiger partial charge on any atom is -0.487 e. The lowest BCUT2D eigenvalue weighted by molar-refractivity contribution is 0.0652. The van der Waals surface area contributed by atoms with Crippen molar-refractivity contribution in [3.63, 3.8) is 0 Å². The van der Waals surface area contributed by atoms with Crippen molar-refractivity contribution in [2.45, 2.75) is 52.2 Å². The average Bonchev–Trinajstić information content (AvgIpc) is 2.27. The number of hydrogen-bond donors (Lipinski definition) is 1. The van der Waals surface area contributed by atoms with Crippen molar-refractivity contribution in [2.75, 3.05) is 6.54 Å². The molecule has 0 saturated carbocycles. The second kappa shape index (κ2) is 5.22. The molecule has 1 aliphatic heterocycles. The van der Waals surface area contributed by atoms with Crippen LogP contribution in [-0.2, 0) is 0 Å². The number of nitrogens with one attached hydrogen (secondary N) is 1. The maximum Gasteiger partial charge on any atom is 0.127 e. The third-order valence-electron chi connectivity index (χ3n) is 3.36. The SMILES string of the molecule is CCCNC1CC(C)(C)Oc2c(C)cc(Br)cc21. The van der Waals surface area contributed by atoms with Crippen LogP contribution in [0, 0.1) is 6.92 Å². The molecule has 18 heavy (non-hydrogen) atoms. The summed E-state index contributed by atoms with van der Waals surface area (Å²) in [5.74, 6) is 1.06. The highest BCUT2D eigenvalue weighted by molar-refractivity contribution is 9.10. The van der Waals surface area contributed by atoms with Crippen LogP contribution in [0.15, 0.2) is 16.6 Å². The lowest BCUT2D eigenvalue weighted by Gasteiger charge is -2.39. The molecule has 0 aromatic heterocycles. The molecule has 1 aliphatic rings. The fourth-order valence-corrected chi connectivity index (χ4v) is 3.16. The van der Waals surface area contributed by atoms with Crippen molar-refractivity contribution < 1.29 is 4.74 Å².